The number of anilines is 1. The number of likely N-dealkylation sites (tertiary alicyclic amines) is 1. The standard InChI is InChI=1S/C28H32N8O3/c1-4-23(37)36-16-28(17-36)7-8-35(15-28)26-20(11-29)25(24-18(2)5-6-22-21(24)12-30-33-22)31-27(32-26)39-14-19-13-34(3)9-10-38-19/h4-6,12,19H,1,7-10,13-17H2,2-3H3,(H,30,33). The van der Waals surface area contributed by atoms with Crippen molar-refractivity contribution < 1.29 is 14.3 Å². The van der Waals surface area contributed by atoms with Crippen LogP contribution < -0.4 is 9.64 Å². The van der Waals surface area contributed by atoms with Crippen molar-refractivity contribution >= 4 is 22.6 Å². The number of fused-ring (bicyclic) bond motifs is 1. The second-order valence-corrected chi connectivity index (χ2v) is 10.9. The number of nitrogens with one attached hydrogen (secondary N) is 1. The molecular weight excluding hydrogens is 496 g/mol. The fourth-order valence-corrected chi connectivity index (χ4v) is 6.00. The van der Waals surface area contributed by atoms with Crippen molar-refractivity contribution in [2.75, 3.05) is 64.4 Å². The van der Waals surface area contributed by atoms with Crippen LogP contribution in [0.1, 0.15) is 17.5 Å². The number of amides is 1. The monoisotopic (exact) mass is 528 g/mol. The average Bonchev–Trinajstić information content (AvgIpc) is 3.58. The van der Waals surface area contributed by atoms with Crippen molar-refractivity contribution in [2.45, 2.75) is 19.4 Å². The van der Waals surface area contributed by atoms with Gasteiger partial charge in [0.25, 0.3) is 0 Å². The molecule has 5 heterocycles. The molecule has 3 aromatic rings. The summed E-state index contributed by atoms with van der Waals surface area (Å²) in [4.78, 5) is 27.8. The Morgan fingerprint density at radius 1 is 1.33 bits per heavy atom. The first-order valence-electron chi connectivity index (χ1n) is 13.2. The number of hydrogen-bond acceptors (Lipinski definition) is 9. The van der Waals surface area contributed by atoms with Gasteiger partial charge in [0.1, 0.15) is 24.3 Å². The molecule has 0 radical (unpaired) electrons. The number of nitriles is 1. The zero-order valence-corrected chi connectivity index (χ0v) is 22.3. The number of aryl methyl sites for hydroxylation is 1. The van der Waals surface area contributed by atoms with Crippen molar-refractivity contribution in [3.63, 3.8) is 0 Å². The van der Waals surface area contributed by atoms with Gasteiger partial charge in [-0.15, -0.1) is 0 Å². The molecule has 39 heavy (non-hydrogen) atoms. The van der Waals surface area contributed by atoms with Crippen LogP contribution in [0.25, 0.3) is 22.2 Å². The number of aromatic amines is 1. The highest BCUT2D eigenvalue weighted by Gasteiger charge is 2.49. The summed E-state index contributed by atoms with van der Waals surface area (Å²) in [6, 6.07) is 6.58. The van der Waals surface area contributed by atoms with Gasteiger partial charge in [-0.3, -0.25) is 9.89 Å². The largest absolute Gasteiger partial charge is 0.461 e. The van der Waals surface area contributed by atoms with Crippen LogP contribution in [0.15, 0.2) is 31.0 Å². The van der Waals surface area contributed by atoms with E-state index < -0.39 is 0 Å². The summed E-state index contributed by atoms with van der Waals surface area (Å²) in [6.07, 6.45) is 3.94. The number of hydrogen-bond donors (Lipinski definition) is 1. The second-order valence-electron chi connectivity index (χ2n) is 10.9. The molecule has 6 rings (SSSR count). The molecule has 1 N–H and O–H groups in total. The molecule has 1 spiro atoms. The fourth-order valence-electron chi connectivity index (χ4n) is 6.00. The van der Waals surface area contributed by atoms with Crippen LogP contribution in [0, 0.1) is 23.7 Å². The maximum Gasteiger partial charge on any atom is 0.319 e. The number of carbonyl (C=O) groups is 1. The highest BCUT2D eigenvalue weighted by Crippen LogP contribution is 2.43. The third kappa shape index (κ3) is 4.60. The molecule has 11 heteroatoms. The minimum absolute atomic E-state index is 0.0153. The quantitative estimate of drug-likeness (QED) is 0.479. The number of morpholine rings is 1. The lowest BCUT2D eigenvalue weighted by Gasteiger charge is -2.47. The van der Waals surface area contributed by atoms with Crippen molar-refractivity contribution in [2.24, 2.45) is 5.41 Å². The summed E-state index contributed by atoms with van der Waals surface area (Å²) in [6.45, 7) is 11.0. The number of nitrogens with zero attached hydrogens (tertiary/aromatic N) is 7. The number of carbonyl (C=O) groups excluding carboxylic acids is 1. The van der Waals surface area contributed by atoms with Gasteiger partial charge in [-0.05, 0) is 38.1 Å². The van der Waals surface area contributed by atoms with E-state index in [0.29, 0.717) is 49.9 Å². The van der Waals surface area contributed by atoms with Gasteiger partial charge >= 0.3 is 6.01 Å². The van der Waals surface area contributed by atoms with E-state index in [0.717, 1.165) is 48.1 Å². The average molecular weight is 529 g/mol. The van der Waals surface area contributed by atoms with Crippen LogP contribution in [0.4, 0.5) is 5.82 Å². The smallest absolute Gasteiger partial charge is 0.319 e. The lowest BCUT2D eigenvalue weighted by atomic mass is 9.79. The molecule has 11 nitrogen and oxygen atoms in total. The summed E-state index contributed by atoms with van der Waals surface area (Å²) in [7, 11) is 2.06. The van der Waals surface area contributed by atoms with Crippen molar-refractivity contribution in [1.29, 1.82) is 5.26 Å². The molecule has 3 aliphatic rings. The molecule has 3 saturated heterocycles. The zero-order chi connectivity index (χ0) is 27.1. The summed E-state index contributed by atoms with van der Waals surface area (Å²) in [5.41, 5.74) is 3.59. The minimum atomic E-state index is -0.0904. The topological polar surface area (TPSA) is 124 Å². The lowest BCUT2D eigenvalue weighted by molar-refractivity contribution is -0.136. The highest BCUT2D eigenvalue weighted by molar-refractivity contribution is 5.97. The highest BCUT2D eigenvalue weighted by atomic mass is 16.5. The van der Waals surface area contributed by atoms with Crippen LogP contribution in [0.2, 0.25) is 0 Å². The first-order valence-corrected chi connectivity index (χ1v) is 13.2. The van der Waals surface area contributed by atoms with Crippen LogP contribution in [-0.2, 0) is 9.53 Å². The molecule has 1 amide bonds. The Bertz CT molecular complexity index is 1470. The third-order valence-corrected chi connectivity index (χ3v) is 8.07. The summed E-state index contributed by atoms with van der Waals surface area (Å²) in [5, 5.41) is 18.6. The molecule has 1 aromatic carbocycles. The third-order valence-electron chi connectivity index (χ3n) is 8.07. The molecule has 1 atom stereocenters. The van der Waals surface area contributed by atoms with E-state index in [4.69, 9.17) is 19.4 Å². The lowest BCUT2D eigenvalue weighted by Crippen LogP contribution is -2.59. The van der Waals surface area contributed by atoms with E-state index in [2.05, 4.69) is 39.7 Å². The molecule has 202 valence electrons. The molecule has 0 bridgehead atoms. The molecule has 3 aliphatic heterocycles. The Kier molecular flexibility index (Phi) is 6.45. The number of likely N-dealkylation sites (N-methyl/N-ethyl adjacent to an activating group) is 1. The Hall–Kier alpha value is -4.01. The van der Waals surface area contributed by atoms with Crippen molar-refractivity contribution in [3.05, 3.63) is 42.1 Å². The summed E-state index contributed by atoms with van der Waals surface area (Å²) in [5.74, 6) is 0.514. The van der Waals surface area contributed by atoms with Gasteiger partial charge in [0, 0.05) is 55.6 Å². The van der Waals surface area contributed by atoms with Crippen LogP contribution in [0.3, 0.4) is 0 Å². The van der Waals surface area contributed by atoms with Gasteiger partial charge in [0.2, 0.25) is 5.91 Å². The summed E-state index contributed by atoms with van der Waals surface area (Å²) < 4.78 is 12.0. The van der Waals surface area contributed by atoms with Crippen molar-refractivity contribution in [3.8, 4) is 23.3 Å². The predicted octanol–water partition coefficient (Wildman–Crippen LogP) is 2.13. The molecule has 1 unspecified atom stereocenters. The van der Waals surface area contributed by atoms with Gasteiger partial charge in [0.15, 0.2) is 5.82 Å². The Labute approximate surface area is 227 Å². The van der Waals surface area contributed by atoms with Gasteiger partial charge < -0.3 is 24.2 Å². The first kappa shape index (κ1) is 25.3. The summed E-state index contributed by atoms with van der Waals surface area (Å²) >= 11 is 0. The first-order chi connectivity index (χ1) is 18.9. The van der Waals surface area contributed by atoms with E-state index >= 15 is 0 Å². The predicted molar refractivity (Wildman–Crippen MR) is 145 cm³/mol. The van der Waals surface area contributed by atoms with E-state index in [9.17, 15) is 10.1 Å². The van der Waals surface area contributed by atoms with Gasteiger partial charge in [0.05, 0.1) is 24.0 Å². The number of rotatable bonds is 6. The second kappa shape index (κ2) is 9.94. The maximum absolute atomic E-state index is 12.1. The molecule has 0 saturated carbocycles. The van der Waals surface area contributed by atoms with Gasteiger partial charge in [-0.1, -0.05) is 12.6 Å². The van der Waals surface area contributed by atoms with Crippen LogP contribution in [0.5, 0.6) is 6.01 Å². The molecule has 3 fully saturated rings. The van der Waals surface area contributed by atoms with Crippen LogP contribution >= 0.6 is 0 Å². The van der Waals surface area contributed by atoms with Gasteiger partial charge in [-0.25, -0.2) is 0 Å². The number of H-pyrrole nitrogens is 1. The number of aromatic nitrogens is 4. The van der Waals surface area contributed by atoms with Crippen molar-refractivity contribution in [1.82, 2.24) is 30.0 Å². The fraction of sp³-hybridized carbons (Fsp3) is 0.464. The minimum Gasteiger partial charge on any atom is -0.461 e. The van der Waals surface area contributed by atoms with E-state index in [1.54, 1.807) is 6.20 Å². The SMILES string of the molecule is C=CC(=O)N1CC2(CCN(c3nc(OCC4CN(C)CCO4)nc(-c4c(C)ccc5[nH]ncc45)c3C#N)C2)C1. The van der Waals surface area contributed by atoms with E-state index in [-0.39, 0.29) is 23.4 Å². The van der Waals surface area contributed by atoms with Crippen LogP contribution in [-0.4, -0.2) is 102 Å². The Balaban J connectivity index is 1.38. The molecular formula is C28H32N8O3. The Morgan fingerprint density at radius 2 is 2.18 bits per heavy atom. The van der Waals surface area contributed by atoms with E-state index in [1.807, 2.05) is 24.0 Å². The number of ether oxygens (including phenoxy) is 2. The zero-order valence-electron chi connectivity index (χ0n) is 22.3. The molecule has 0 aliphatic carbocycles. The number of benzene rings is 1. The van der Waals surface area contributed by atoms with Gasteiger partial charge in [-0.2, -0.15) is 20.3 Å². The normalized spacial score (nSPS) is 20.7. The Morgan fingerprint density at radius 3 is 2.95 bits per heavy atom. The van der Waals surface area contributed by atoms with E-state index in [1.165, 1.54) is 6.08 Å². The maximum atomic E-state index is 12.1. The molecule has 2 aromatic heterocycles.